The summed E-state index contributed by atoms with van der Waals surface area (Å²) in [5.74, 6) is 0.706. The van der Waals surface area contributed by atoms with Crippen LogP contribution < -0.4 is 4.90 Å². The van der Waals surface area contributed by atoms with Gasteiger partial charge in [0.15, 0.2) is 0 Å². The van der Waals surface area contributed by atoms with Crippen LogP contribution in [0.25, 0.3) is 0 Å². The average molecular weight is 366 g/mol. The fraction of sp³-hybridized carbons (Fsp3) is 0.529. The Labute approximate surface area is 148 Å². The zero-order chi connectivity index (χ0) is 17.9. The van der Waals surface area contributed by atoms with Crippen molar-refractivity contribution in [1.29, 1.82) is 0 Å². The van der Waals surface area contributed by atoms with Crippen molar-refractivity contribution in [2.45, 2.75) is 24.2 Å². The molecule has 1 atom stereocenters. The van der Waals surface area contributed by atoms with E-state index >= 15 is 0 Å². The van der Waals surface area contributed by atoms with Crippen molar-refractivity contribution < 1.29 is 18.2 Å². The third-order valence-electron chi connectivity index (χ3n) is 5.07. The number of benzene rings is 1. The van der Waals surface area contributed by atoms with Gasteiger partial charge in [-0.3, -0.25) is 10.1 Å². The molecule has 1 aliphatic heterocycles. The summed E-state index contributed by atoms with van der Waals surface area (Å²) >= 11 is 0. The number of nitro groups is 1. The molecule has 0 amide bonds. The molecule has 0 radical (unpaired) electrons. The molecular formula is C17H24N3O4S+. The van der Waals surface area contributed by atoms with Crippen molar-refractivity contribution >= 4 is 15.7 Å². The van der Waals surface area contributed by atoms with Gasteiger partial charge in [0.25, 0.3) is 5.69 Å². The first-order valence-electron chi connectivity index (χ1n) is 8.70. The van der Waals surface area contributed by atoms with E-state index in [1.807, 2.05) is 0 Å². The Morgan fingerprint density at radius 2 is 1.84 bits per heavy atom. The van der Waals surface area contributed by atoms with Crippen LogP contribution in [0.3, 0.4) is 0 Å². The summed E-state index contributed by atoms with van der Waals surface area (Å²) in [4.78, 5) is 11.8. The Morgan fingerprint density at radius 3 is 2.40 bits per heavy atom. The molecule has 1 heterocycles. The van der Waals surface area contributed by atoms with Crippen molar-refractivity contribution in [3.8, 4) is 0 Å². The van der Waals surface area contributed by atoms with Gasteiger partial charge in [0.2, 0.25) is 10.0 Å². The zero-order valence-electron chi connectivity index (χ0n) is 14.1. The van der Waals surface area contributed by atoms with Crippen LogP contribution in [-0.4, -0.2) is 50.4 Å². The number of rotatable bonds is 5. The summed E-state index contributed by atoms with van der Waals surface area (Å²) in [6.45, 7) is 3.73. The smallest absolute Gasteiger partial charge is 0.269 e. The molecule has 136 valence electrons. The fourth-order valence-corrected chi connectivity index (χ4v) is 5.03. The molecule has 0 spiro atoms. The molecule has 0 unspecified atom stereocenters. The van der Waals surface area contributed by atoms with Gasteiger partial charge in [-0.1, -0.05) is 12.2 Å². The molecule has 3 rings (SSSR count). The first-order valence-corrected chi connectivity index (χ1v) is 10.1. The van der Waals surface area contributed by atoms with Crippen LogP contribution >= 0.6 is 0 Å². The number of nitrogens with one attached hydrogen (secondary N) is 1. The second-order valence-corrected chi connectivity index (χ2v) is 8.70. The Hall–Kier alpha value is -1.77. The highest BCUT2D eigenvalue weighted by molar-refractivity contribution is 7.89. The molecule has 1 aromatic carbocycles. The zero-order valence-corrected chi connectivity index (χ0v) is 15.0. The normalized spacial score (nSPS) is 22.8. The number of allylic oxidation sites excluding steroid dienone is 2. The molecule has 1 saturated heterocycles. The third-order valence-corrected chi connectivity index (χ3v) is 6.98. The van der Waals surface area contributed by atoms with Crippen LogP contribution in [0.1, 0.15) is 19.3 Å². The van der Waals surface area contributed by atoms with Crippen molar-refractivity contribution in [2.24, 2.45) is 5.92 Å². The minimum Gasteiger partial charge on any atom is -0.333 e. The fourth-order valence-electron chi connectivity index (χ4n) is 3.59. The van der Waals surface area contributed by atoms with Gasteiger partial charge >= 0.3 is 0 Å². The van der Waals surface area contributed by atoms with Gasteiger partial charge in [0, 0.05) is 18.1 Å². The van der Waals surface area contributed by atoms with E-state index in [0.717, 1.165) is 32.5 Å². The number of hydrogen-bond donors (Lipinski definition) is 1. The highest BCUT2D eigenvalue weighted by Gasteiger charge is 2.31. The van der Waals surface area contributed by atoms with Crippen LogP contribution in [-0.2, 0) is 10.0 Å². The Balaban J connectivity index is 1.59. The minimum atomic E-state index is -3.57. The molecule has 0 saturated carbocycles. The maximum Gasteiger partial charge on any atom is 0.269 e. The van der Waals surface area contributed by atoms with E-state index in [1.165, 1.54) is 39.9 Å². The molecule has 0 bridgehead atoms. The number of sulfonamides is 1. The number of piperazine rings is 1. The van der Waals surface area contributed by atoms with Gasteiger partial charge in [0.1, 0.15) is 0 Å². The second-order valence-electron chi connectivity index (χ2n) is 6.76. The first-order chi connectivity index (χ1) is 12.0. The molecule has 0 aromatic heterocycles. The van der Waals surface area contributed by atoms with Crippen LogP contribution in [0, 0.1) is 16.0 Å². The maximum absolute atomic E-state index is 12.7. The monoisotopic (exact) mass is 366 g/mol. The van der Waals surface area contributed by atoms with Gasteiger partial charge in [0.05, 0.1) is 42.5 Å². The van der Waals surface area contributed by atoms with Crippen LogP contribution in [0.2, 0.25) is 0 Å². The average Bonchev–Trinajstić information content (AvgIpc) is 2.63. The Morgan fingerprint density at radius 1 is 1.16 bits per heavy atom. The largest absolute Gasteiger partial charge is 0.333 e. The van der Waals surface area contributed by atoms with Gasteiger partial charge < -0.3 is 4.90 Å². The number of nitrogens with zero attached hydrogens (tertiary/aromatic N) is 2. The summed E-state index contributed by atoms with van der Waals surface area (Å²) < 4.78 is 26.9. The van der Waals surface area contributed by atoms with E-state index in [4.69, 9.17) is 0 Å². The molecule has 1 fully saturated rings. The molecule has 1 aliphatic carbocycles. The number of quaternary nitrogens is 1. The quantitative estimate of drug-likeness (QED) is 0.475. The maximum atomic E-state index is 12.7. The van der Waals surface area contributed by atoms with Crippen molar-refractivity contribution in [3.05, 3.63) is 46.5 Å². The highest BCUT2D eigenvalue weighted by Crippen LogP contribution is 2.20. The summed E-state index contributed by atoms with van der Waals surface area (Å²) in [7, 11) is -3.57. The SMILES string of the molecule is O=[N+]([O-])c1ccc(S(=O)(=O)N2CC[NH+](C[C@@H]3CC=CCC3)CC2)cc1. The van der Waals surface area contributed by atoms with Crippen molar-refractivity contribution in [3.63, 3.8) is 0 Å². The number of non-ortho nitro benzene ring substituents is 1. The minimum absolute atomic E-state index is 0.102. The van der Waals surface area contributed by atoms with Gasteiger partial charge in [-0.2, -0.15) is 4.31 Å². The van der Waals surface area contributed by atoms with Crippen LogP contribution in [0.5, 0.6) is 0 Å². The van der Waals surface area contributed by atoms with E-state index in [2.05, 4.69) is 12.2 Å². The lowest BCUT2D eigenvalue weighted by Gasteiger charge is -2.33. The van der Waals surface area contributed by atoms with E-state index in [1.54, 1.807) is 0 Å². The van der Waals surface area contributed by atoms with E-state index in [-0.39, 0.29) is 10.6 Å². The molecule has 7 nitrogen and oxygen atoms in total. The molecule has 8 heteroatoms. The predicted molar refractivity (Wildman–Crippen MR) is 93.9 cm³/mol. The summed E-state index contributed by atoms with van der Waals surface area (Å²) in [5.41, 5.74) is -0.102. The lowest BCUT2D eigenvalue weighted by atomic mass is 9.94. The van der Waals surface area contributed by atoms with Gasteiger partial charge in [-0.25, -0.2) is 8.42 Å². The predicted octanol–water partition coefficient (Wildman–Crippen LogP) is 0.840. The van der Waals surface area contributed by atoms with E-state index in [0.29, 0.717) is 19.0 Å². The lowest BCUT2D eigenvalue weighted by Crippen LogP contribution is -3.15. The second kappa shape index (κ2) is 7.63. The molecule has 25 heavy (non-hydrogen) atoms. The highest BCUT2D eigenvalue weighted by atomic mass is 32.2. The molecule has 1 N–H and O–H groups in total. The summed E-state index contributed by atoms with van der Waals surface area (Å²) in [5, 5.41) is 10.7. The number of nitro benzene ring substituents is 1. The first kappa shape index (κ1) is 18.0. The molecule has 2 aliphatic rings. The molecular weight excluding hydrogens is 342 g/mol. The third kappa shape index (κ3) is 4.26. The lowest BCUT2D eigenvalue weighted by molar-refractivity contribution is -0.907. The molecule has 1 aromatic rings. The van der Waals surface area contributed by atoms with E-state index < -0.39 is 14.9 Å². The Bertz CT molecular complexity index is 738. The Kier molecular flexibility index (Phi) is 5.51. The van der Waals surface area contributed by atoms with Crippen molar-refractivity contribution in [2.75, 3.05) is 32.7 Å². The topological polar surface area (TPSA) is 85.0 Å². The van der Waals surface area contributed by atoms with Crippen LogP contribution in [0.15, 0.2) is 41.3 Å². The van der Waals surface area contributed by atoms with Gasteiger partial charge in [-0.15, -0.1) is 0 Å². The van der Waals surface area contributed by atoms with Gasteiger partial charge in [-0.05, 0) is 31.4 Å². The van der Waals surface area contributed by atoms with Crippen LogP contribution in [0.4, 0.5) is 5.69 Å². The number of hydrogen-bond acceptors (Lipinski definition) is 4. The van der Waals surface area contributed by atoms with E-state index in [9.17, 15) is 18.5 Å². The standard InChI is InChI=1S/C17H23N3O4S/c21-20(22)16-6-8-17(9-7-16)25(23,24)19-12-10-18(11-13-19)14-15-4-2-1-3-5-15/h1-2,6-9,15H,3-5,10-14H2/p+1/t15-/m1/s1. The van der Waals surface area contributed by atoms with Crippen molar-refractivity contribution in [1.82, 2.24) is 4.31 Å². The summed E-state index contributed by atoms with van der Waals surface area (Å²) in [6, 6.07) is 5.12. The summed E-state index contributed by atoms with van der Waals surface area (Å²) in [6.07, 6.45) is 8.00.